The van der Waals surface area contributed by atoms with Gasteiger partial charge in [0.05, 0.1) is 50.1 Å². The van der Waals surface area contributed by atoms with Crippen LogP contribution in [0.3, 0.4) is 0 Å². The molecule has 8 aliphatic rings. The lowest BCUT2D eigenvalue weighted by Crippen LogP contribution is -2.54. The van der Waals surface area contributed by atoms with Crippen LogP contribution in [0.25, 0.3) is 22.5 Å². The maximum absolute atomic E-state index is 14.2. The van der Waals surface area contributed by atoms with Crippen LogP contribution < -0.4 is 10.6 Å². The van der Waals surface area contributed by atoms with Gasteiger partial charge >= 0.3 is 12.2 Å². The van der Waals surface area contributed by atoms with E-state index in [2.05, 4.69) is 63.9 Å². The number of ether oxygens (including phenoxy) is 2. The average molecular weight is 859 g/mol. The number of rotatable bonds is 10. The SMILES string of the molecule is COC(=O)N[C@H](C(=O)N1C2CCC(C2)[C@H]1c1ncc(-c2cc3ccc2CCc2ccc(c(-c4cnc([C@@H]5C6CCC(C6)N5C(=O)[C@@H](NC(=O)OC)C(C)C)[nH]4)c2)C[C@H]3C)[nH]1)C(C)C. The number of likely N-dealkylation sites (tertiary alicyclic amines) is 2. The van der Waals surface area contributed by atoms with Gasteiger partial charge in [0.1, 0.15) is 23.7 Å². The summed E-state index contributed by atoms with van der Waals surface area (Å²) in [6.07, 6.45) is 11.0. The molecule has 2 aromatic heterocycles. The summed E-state index contributed by atoms with van der Waals surface area (Å²) in [7, 11) is 2.64. The van der Waals surface area contributed by atoms with E-state index in [9.17, 15) is 19.2 Å². The van der Waals surface area contributed by atoms with Crippen molar-refractivity contribution < 1.29 is 28.7 Å². The fourth-order valence-electron chi connectivity index (χ4n) is 11.6. The largest absolute Gasteiger partial charge is 0.453 e. The van der Waals surface area contributed by atoms with Gasteiger partial charge in [-0.2, -0.15) is 0 Å². The van der Waals surface area contributed by atoms with E-state index in [0.717, 1.165) is 92.0 Å². The first-order chi connectivity index (χ1) is 30.3. The van der Waals surface area contributed by atoms with Crippen molar-refractivity contribution in [2.24, 2.45) is 23.7 Å². The molecule has 4 amide bonds. The van der Waals surface area contributed by atoms with Crippen LogP contribution in [0.15, 0.2) is 48.8 Å². The fraction of sp³-hybridized carbons (Fsp3) is 0.551. The van der Waals surface area contributed by atoms with Gasteiger partial charge in [0.15, 0.2) is 0 Å². The molecule has 334 valence electrons. The number of piperidine rings is 2. The number of hydrogen-bond donors (Lipinski definition) is 4. The number of carbonyl (C=O) groups is 4. The number of aromatic nitrogens is 4. The number of nitrogens with one attached hydrogen (secondary N) is 4. The molecule has 2 saturated carbocycles. The predicted octanol–water partition coefficient (Wildman–Crippen LogP) is 7.78. The number of imidazole rings is 2. The molecule has 8 bridgehead atoms. The number of benzene rings is 2. The van der Waals surface area contributed by atoms with Crippen molar-refractivity contribution >= 4 is 24.0 Å². The summed E-state index contributed by atoms with van der Waals surface area (Å²) in [5, 5.41) is 5.59. The molecule has 14 nitrogen and oxygen atoms in total. The third-order valence-corrected chi connectivity index (χ3v) is 14.9. The molecule has 9 atom stereocenters. The van der Waals surface area contributed by atoms with E-state index in [1.165, 1.54) is 36.5 Å². The smallest absolute Gasteiger partial charge is 0.407 e. The Morgan fingerprint density at radius 1 is 0.683 bits per heavy atom. The number of alkyl carbamates (subject to hydrolysis) is 2. The van der Waals surface area contributed by atoms with Crippen molar-refractivity contribution in [3.63, 3.8) is 0 Å². The minimum Gasteiger partial charge on any atom is -0.453 e. The highest BCUT2D eigenvalue weighted by Crippen LogP contribution is 2.52. The molecule has 0 radical (unpaired) electrons. The van der Waals surface area contributed by atoms with Crippen LogP contribution in [0.1, 0.15) is 125 Å². The van der Waals surface area contributed by atoms with Gasteiger partial charge in [-0.05, 0) is 122 Å². The van der Waals surface area contributed by atoms with Crippen LogP contribution in [0.4, 0.5) is 9.59 Å². The zero-order chi connectivity index (χ0) is 44.3. The standard InChI is InChI=1S/C49H62N8O6/c1-25(2)40(54-48(60)62-6)46(58)56-34-16-14-32(20-34)42(56)44-50-23-38(52-44)36-19-28-8-10-29-12-13-30(27(5)18-31(36)11-9-28)22-37(29)39-24-51-45(53-39)43-33-15-17-35(21-33)57(43)47(59)41(26(3)4)55-49(61)63-7/h9,11-13,19,22-27,32-35,40-43H,8,10,14-18,20-21H2,1-7H3,(H,50,52)(H,51,53)(H,54,60)(H,55,61)/t27-,32?,33?,34?,35?,40+,41+,42+,43+/m1/s1. The normalized spacial score (nSPS) is 25.6. The van der Waals surface area contributed by atoms with Crippen LogP contribution >= 0.6 is 0 Å². The summed E-state index contributed by atoms with van der Waals surface area (Å²) >= 11 is 0. The molecule has 2 aliphatic heterocycles. The Labute approximate surface area is 369 Å². The van der Waals surface area contributed by atoms with Gasteiger partial charge in [-0.3, -0.25) is 9.59 Å². The number of aromatic amines is 2. The van der Waals surface area contributed by atoms with Gasteiger partial charge in [0.25, 0.3) is 0 Å². The van der Waals surface area contributed by atoms with E-state index in [-0.39, 0.29) is 53.7 Å². The highest BCUT2D eigenvalue weighted by atomic mass is 16.5. The van der Waals surface area contributed by atoms with E-state index in [1.807, 2.05) is 49.9 Å². The molecular weight excluding hydrogens is 797 g/mol. The zero-order valence-corrected chi connectivity index (χ0v) is 37.6. The fourth-order valence-corrected chi connectivity index (χ4v) is 11.6. The molecule has 2 saturated heterocycles. The van der Waals surface area contributed by atoms with Gasteiger partial charge in [-0.25, -0.2) is 19.6 Å². The molecule has 4 fully saturated rings. The minimum atomic E-state index is -0.689. The Kier molecular flexibility index (Phi) is 11.6. The van der Waals surface area contributed by atoms with E-state index in [1.54, 1.807) is 0 Å². The second-order valence-corrected chi connectivity index (χ2v) is 19.4. The van der Waals surface area contributed by atoms with Crippen molar-refractivity contribution in [1.82, 2.24) is 40.4 Å². The van der Waals surface area contributed by atoms with E-state index < -0.39 is 24.3 Å². The van der Waals surface area contributed by atoms with Crippen molar-refractivity contribution in [3.05, 3.63) is 82.7 Å². The number of fused-ring (bicyclic) bond motifs is 4. The van der Waals surface area contributed by atoms with Crippen LogP contribution in [0.5, 0.6) is 0 Å². The van der Waals surface area contributed by atoms with Gasteiger partial charge in [0, 0.05) is 23.2 Å². The first kappa shape index (κ1) is 42.6. The van der Waals surface area contributed by atoms with Crippen molar-refractivity contribution in [1.29, 1.82) is 0 Å². The number of carbonyl (C=O) groups excluding carboxylic acids is 4. The van der Waals surface area contributed by atoms with Gasteiger partial charge in [-0.15, -0.1) is 0 Å². The third kappa shape index (κ3) is 7.88. The molecule has 14 heteroatoms. The van der Waals surface area contributed by atoms with Crippen molar-refractivity contribution in [2.45, 2.75) is 135 Å². The third-order valence-electron chi connectivity index (χ3n) is 14.9. The maximum atomic E-state index is 14.2. The molecule has 0 spiro atoms. The number of methoxy groups -OCH3 is 2. The monoisotopic (exact) mass is 858 g/mol. The van der Waals surface area contributed by atoms with Crippen LogP contribution in [0.2, 0.25) is 0 Å². The highest BCUT2D eigenvalue weighted by molar-refractivity contribution is 5.88. The summed E-state index contributed by atoms with van der Waals surface area (Å²) in [5.41, 5.74) is 9.06. The second kappa shape index (κ2) is 17.1. The van der Waals surface area contributed by atoms with E-state index >= 15 is 0 Å². The Hall–Kier alpha value is -5.66. The number of H-pyrrole nitrogens is 2. The quantitative estimate of drug-likeness (QED) is 0.125. The first-order valence-corrected chi connectivity index (χ1v) is 23.0. The lowest BCUT2D eigenvalue weighted by atomic mass is 9.85. The van der Waals surface area contributed by atoms with Gasteiger partial charge in [-0.1, -0.05) is 58.9 Å². The number of nitrogens with zero attached hydrogens (tertiary/aromatic N) is 4. The van der Waals surface area contributed by atoms with E-state index in [4.69, 9.17) is 19.4 Å². The number of amides is 4. The van der Waals surface area contributed by atoms with Crippen LogP contribution in [-0.2, 0) is 38.3 Å². The lowest BCUT2D eigenvalue weighted by Gasteiger charge is -2.37. The van der Waals surface area contributed by atoms with Crippen LogP contribution in [-0.4, -0.2) is 92.1 Å². The summed E-state index contributed by atoms with van der Waals surface area (Å²) < 4.78 is 9.76. The Balaban J connectivity index is 0.972. The summed E-state index contributed by atoms with van der Waals surface area (Å²) in [4.78, 5) is 74.3. The second-order valence-electron chi connectivity index (χ2n) is 19.4. The Morgan fingerprint density at radius 3 is 1.70 bits per heavy atom. The molecule has 12 rings (SSSR count). The Morgan fingerprint density at radius 2 is 1.19 bits per heavy atom. The number of hydrogen-bond acceptors (Lipinski definition) is 8. The Bertz CT molecular complexity index is 2390. The molecule has 4 N–H and O–H groups in total. The lowest BCUT2D eigenvalue weighted by molar-refractivity contribution is -0.140. The first-order valence-electron chi connectivity index (χ1n) is 23.0. The molecule has 63 heavy (non-hydrogen) atoms. The average Bonchev–Trinajstić information content (AvgIpc) is 4.15. The molecule has 4 aromatic rings. The van der Waals surface area contributed by atoms with Gasteiger partial charge < -0.3 is 39.9 Å². The van der Waals surface area contributed by atoms with Crippen molar-refractivity contribution in [2.75, 3.05) is 14.2 Å². The maximum Gasteiger partial charge on any atom is 0.407 e. The highest BCUT2D eigenvalue weighted by Gasteiger charge is 2.53. The number of aryl methyl sites for hydroxylation is 2. The predicted molar refractivity (Wildman–Crippen MR) is 237 cm³/mol. The summed E-state index contributed by atoms with van der Waals surface area (Å²) in [6.45, 7) is 10.1. The van der Waals surface area contributed by atoms with Crippen molar-refractivity contribution in [3.8, 4) is 22.5 Å². The van der Waals surface area contributed by atoms with E-state index in [0.29, 0.717) is 11.8 Å². The molecule has 6 aliphatic carbocycles. The topological polar surface area (TPSA) is 175 Å². The zero-order valence-electron chi connectivity index (χ0n) is 37.6. The molecule has 4 heterocycles. The minimum absolute atomic E-state index is 0.0830. The molecule has 4 unspecified atom stereocenters. The van der Waals surface area contributed by atoms with Gasteiger partial charge in [0.2, 0.25) is 11.8 Å². The summed E-state index contributed by atoms with van der Waals surface area (Å²) in [6, 6.07) is 12.2. The molecular formula is C49H62N8O6. The summed E-state index contributed by atoms with van der Waals surface area (Å²) in [5.74, 6) is 2.01. The molecule has 2 aromatic carbocycles. The van der Waals surface area contributed by atoms with Crippen LogP contribution in [0, 0.1) is 23.7 Å².